The standard InChI is InChI=1S/C13H21NO2/c1-4-15-7-8-16-13-6-5-12(11(3)14)9-10(13)2/h5-6,9,11H,4,7-8,14H2,1-3H3/t11-/m0/s1. The van der Waals surface area contributed by atoms with Gasteiger partial charge >= 0.3 is 0 Å². The van der Waals surface area contributed by atoms with Crippen molar-refractivity contribution in [2.24, 2.45) is 5.73 Å². The molecule has 90 valence electrons. The number of nitrogens with two attached hydrogens (primary N) is 1. The second-order valence-corrected chi connectivity index (χ2v) is 3.86. The smallest absolute Gasteiger partial charge is 0.122 e. The summed E-state index contributed by atoms with van der Waals surface area (Å²) in [4.78, 5) is 0. The van der Waals surface area contributed by atoms with E-state index in [0.717, 1.165) is 23.5 Å². The quantitative estimate of drug-likeness (QED) is 0.753. The molecule has 0 amide bonds. The van der Waals surface area contributed by atoms with Gasteiger partial charge in [-0.05, 0) is 38.0 Å². The molecule has 0 heterocycles. The first kappa shape index (κ1) is 13.0. The zero-order valence-corrected chi connectivity index (χ0v) is 10.3. The Bertz CT molecular complexity index is 324. The van der Waals surface area contributed by atoms with Crippen molar-refractivity contribution in [1.82, 2.24) is 0 Å². The maximum atomic E-state index is 5.81. The van der Waals surface area contributed by atoms with Gasteiger partial charge in [0.25, 0.3) is 0 Å². The Hall–Kier alpha value is -1.06. The number of hydrogen-bond acceptors (Lipinski definition) is 3. The average molecular weight is 223 g/mol. The van der Waals surface area contributed by atoms with Crippen LogP contribution in [0.2, 0.25) is 0 Å². The summed E-state index contributed by atoms with van der Waals surface area (Å²) in [6.45, 7) is 7.93. The van der Waals surface area contributed by atoms with Gasteiger partial charge in [0.2, 0.25) is 0 Å². The average Bonchev–Trinajstić information content (AvgIpc) is 2.26. The molecular weight excluding hydrogens is 202 g/mol. The first-order chi connectivity index (χ1) is 7.65. The summed E-state index contributed by atoms with van der Waals surface area (Å²) in [5.74, 6) is 0.907. The molecule has 1 rings (SSSR count). The van der Waals surface area contributed by atoms with Crippen LogP contribution in [0.1, 0.15) is 31.0 Å². The molecule has 0 aromatic heterocycles. The van der Waals surface area contributed by atoms with Gasteiger partial charge in [-0.3, -0.25) is 0 Å². The molecule has 0 aliphatic heterocycles. The first-order valence-corrected chi connectivity index (χ1v) is 5.71. The molecule has 3 heteroatoms. The number of ether oxygens (including phenoxy) is 2. The molecule has 0 aliphatic rings. The molecule has 0 spiro atoms. The third-order valence-corrected chi connectivity index (χ3v) is 2.41. The minimum Gasteiger partial charge on any atom is -0.491 e. The lowest BCUT2D eigenvalue weighted by atomic mass is 10.1. The molecule has 1 aromatic carbocycles. The van der Waals surface area contributed by atoms with E-state index < -0.39 is 0 Å². The molecule has 0 saturated heterocycles. The minimum absolute atomic E-state index is 0.0659. The molecule has 3 nitrogen and oxygen atoms in total. The lowest BCUT2D eigenvalue weighted by Gasteiger charge is -2.12. The van der Waals surface area contributed by atoms with Crippen molar-refractivity contribution in [1.29, 1.82) is 0 Å². The lowest BCUT2D eigenvalue weighted by Crippen LogP contribution is -2.08. The van der Waals surface area contributed by atoms with E-state index in [0.29, 0.717) is 13.2 Å². The number of aryl methyl sites for hydroxylation is 1. The minimum atomic E-state index is 0.0659. The summed E-state index contributed by atoms with van der Waals surface area (Å²) < 4.78 is 10.8. The molecule has 0 unspecified atom stereocenters. The molecule has 0 saturated carbocycles. The molecule has 0 fully saturated rings. The lowest BCUT2D eigenvalue weighted by molar-refractivity contribution is 0.110. The van der Waals surface area contributed by atoms with Crippen molar-refractivity contribution in [2.75, 3.05) is 19.8 Å². The fourth-order valence-electron chi connectivity index (χ4n) is 1.47. The van der Waals surface area contributed by atoms with Crippen molar-refractivity contribution < 1.29 is 9.47 Å². The van der Waals surface area contributed by atoms with Gasteiger partial charge in [0.15, 0.2) is 0 Å². The van der Waals surface area contributed by atoms with Crippen LogP contribution in [0.25, 0.3) is 0 Å². The first-order valence-electron chi connectivity index (χ1n) is 5.71. The van der Waals surface area contributed by atoms with Gasteiger partial charge in [0.1, 0.15) is 12.4 Å². The van der Waals surface area contributed by atoms with E-state index in [4.69, 9.17) is 15.2 Å². The Balaban J connectivity index is 2.54. The van der Waals surface area contributed by atoms with Crippen LogP contribution in [0.5, 0.6) is 5.75 Å². The molecule has 16 heavy (non-hydrogen) atoms. The van der Waals surface area contributed by atoms with Gasteiger partial charge in [0, 0.05) is 12.6 Å². The Kier molecular flexibility index (Phi) is 5.29. The summed E-state index contributed by atoms with van der Waals surface area (Å²) in [5, 5.41) is 0. The fraction of sp³-hybridized carbons (Fsp3) is 0.538. The van der Waals surface area contributed by atoms with E-state index in [9.17, 15) is 0 Å². The normalized spacial score (nSPS) is 12.5. The second kappa shape index (κ2) is 6.51. The zero-order chi connectivity index (χ0) is 12.0. The van der Waals surface area contributed by atoms with Gasteiger partial charge in [-0.2, -0.15) is 0 Å². The van der Waals surface area contributed by atoms with E-state index in [1.54, 1.807) is 0 Å². The highest BCUT2D eigenvalue weighted by atomic mass is 16.5. The highest BCUT2D eigenvalue weighted by Crippen LogP contribution is 2.21. The Morgan fingerprint density at radius 2 is 2.06 bits per heavy atom. The van der Waals surface area contributed by atoms with Gasteiger partial charge in [-0.15, -0.1) is 0 Å². The van der Waals surface area contributed by atoms with Crippen LogP contribution < -0.4 is 10.5 Å². The Morgan fingerprint density at radius 1 is 1.31 bits per heavy atom. The number of benzene rings is 1. The summed E-state index contributed by atoms with van der Waals surface area (Å²) in [6.07, 6.45) is 0. The van der Waals surface area contributed by atoms with Crippen LogP contribution >= 0.6 is 0 Å². The van der Waals surface area contributed by atoms with E-state index >= 15 is 0 Å². The van der Waals surface area contributed by atoms with E-state index in [1.165, 1.54) is 0 Å². The largest absolute Gasteiger partial charge is 0.491 e. The maximum Gasteiger partial charge on any atom is 0.122 e. The predicted octanol–water partition coefficient (Wildman–Crippen LogP) is 2.43. The van der Waals surface area contributed by atoms with Crippen LogP contribution in [0.15, 0.2) is 18.2 Å². The molecule has 0 aliphatic carbocycles. The molecule has 0 bridgehead atoms. The molecule has 0 radical (unpaired) electrons. The van der Waals surface area contributed by atoms with Crippen molar-refractivity contribution in [3.63, 3.8) is 0 Å². The van der Waals surface area contributed by atoms with Crippen LogP contribution in [0, 0.1) is 6.92 Å². The van der Waals surface area contributed by atoms with Gasteiger partial charge < -0.3 is 15.2 Å². The van der Waals surface area contributed by atoms with Crippen LogP contribution in [0.4, 0.5) is 0 Å². The second-order valence-electron chi connectivity index (χ2n) is 3.86. The van der Waals surface area contributed by atoms with E-state index in [-0.39, 0.29) is 6.04 Å². The van der Waals surface area contributed by atoms with Gasteiger partial charge in [-0.1, -0.05) is 12.1 Å². The van der Waals surface area contributed by atoms with Crippen molar-refractivity contribution in [2.45, 2.75) is 26.8 Å². The van der Waals surface area contributed by atoms with Crippen molar-refractivity contribution in [3.05, 3.63) is 29.3 Å². The van der Waals surface area contributed by atoms with Crippen LogP contribution in [0.3, 0.4) is 0 Å². The molecular formula is C13H21NO2. The molecule has 2 N–H and O–H groups in total. The van der Waals surface area contributed by atoms with Crippen molar-refractivity contribution >= 4 is 0 Å². The predicted molar refractivity (Wildman–Crippen MR) is 65.8 cm³/mol. The molecule has 1 aromatic rings. The van der Waals surface area contributed by atoms with Crippen LogP contribution in [-0.2, 0) is 4.74 Å². The van der Waals surface area contributed by atoms with Gasteiger partial charge in [0.05, 0.1) is 6.61 Å². The highest BCUT2D eigenvalue weighted by molar-refractivity contribution is 5.37. The monoisotopic (exact) mass is 223 g/mol. The summed E-state index contributed by atoms with van der Waals surface area (Å²) in [7, 11) is 0. The Morgan fingerprint density at radius 3 is 2.62 bits per heavy atom. The SMILES string of the molecule is CCOCCOc1ccc([C@H](C)N)cc1C. The Labute approximate surface area is 97.6 Å². The number of rotatable bonds is 6. The summed E-state index contributed by atoms with van der Waals surface area (Å²) >= 11 is 0. The third kappa shape index (κ3) is 3.83. The van der Waals surface area contributed by atoms with E-state index in [1.807, 2.05) is 32.9 Å². The zero-order valence-electron chi connectivity index (χ0n) is 10.3. The van der Waals surface area contributed by atoms with Gasteiger partial charge in [-0.25, -0.2) is 0 Å². The van der Waals surface area contributed by atoms with E-state index in [2.05, 4.69) is 6.07 Å². The summed E-state index contributed by atoms with van der Waals surface area (Å²) in [5.41, 5.74) is 8.06. The highest BCUT2D eigenvalue weighted by Gasteiger charge is 2.04. The molecule has 1 atom stereocenters. The van der Waals surface area contributed by atoms with Crippen molar-refractivity contribution in [3.8, 4) is 5.75 Å². The summed E-state index contributed by atoms with van der Waals surface area (Å²) in [6, 6.07) is 6.12. The fourth-order valence-corrected chi connectivity index (χ4v) is 1.47. The third-order valence-electron chi connectivity index (χ3n) is 2.41. The topological polar surface area (TPSA) is 44.5 Å². The maximum absolute atomic E-state index is 5.81. The van der Waals surface area contributed by atoms with Crippen LogP contribution in [-0.4, -0.2) is 19.8 Å². The number of hydrogen-bond donors (Lipinski definition) is 1.